The molecule has 5 N–H and O–H groups in total. The predicted octanol–water partition coefficient (Wildman–Crippen LogP) is 6.34. The second-order valence-electron chi connectivity index (χ2n) is 12.8. The molecule has 2 aliphatic heterocycles. The van der Waals surface area contributed by atoms with Gasteiger partial charge in [-0.1, -0.05) is 43.4 Å². The van der Waals surface area contributed by atoms with E-state index in [4.69, 9.17) is 11.5 Å². The highest BCUT2D eigenvalue weighted by Crippen LogP contribution is 2.38. The van der Waals surface area contributed by atoms with Gasteiger partial charge in [0.1, 0.15) is 5.84 Å². The first-order chi connectivity index (χ1) is 21.2. The van der Waals surface area contributed by atoms with Crippen molar-refractivity contribution < 1.29 is 9.59 Å². The maximum Gasteiger partial charge on any atom is 0.198 e. The first-order valence-electron chi connectivity index (χ1n) is 16.0. The van der Waals surface area contributed by atoms with E-state index in [0.717, 1.165) is 60.1 Å². The Morgan fingerprint density at radius 3 is 2.50 bits per heavy atom. The summed E-state index contributed by atoms with van der Waals surface area (Å²) in [5.74, 6) is -0.0699. The summed E-state index contributed by atoms with van der Waals surface area (Å²) in [7, 11) is 0. The fraction of sp³-hybridized carbons (Fsp3) is 0.378. The molecule has 0 amide bonds. The minimum atomic E-state index is -0.347. The molecule has 4 aliphatic rings. The van der Waals surface area contributed by atoms with Crippen LogP contribution in [-0.4, -0.2) is 47.5 Å². The minimum Gasteiger partial charge on any atom is -0.404 e. The topological polar surface area (TPSA) is 114 Å². The number of hydrogen-bond acceptors (Lipinski definition) is 6. The van der Waals surface area contributed by atoms with E-state index in [0.29, 0.717) is 28.4 Å². The van der Waals surface area contributed by atoms with Gasteiger partial charge in [-0.3, -0.25) is 9.59 Å². The Labute approximate surface area is 260 Å². The van der Waals surface area contributed by atoms with Gasteiger partial charge in [-0.05, 0) is 111 Å². The molecule has 0 bridgehead atoms. The molecule has 1 saturated heterocycles. The molecule has 7 heteroatoms. The molecule has 1 saturated carbocycles. The zero-order valence-electron chi connectivity index (χ0n) is 25.7. The van der Waals surface area contributed by atoms with Crippen molar-refractivity contribution in [2.24, 2.45) is 22.4 Å². The summed E-state index contributed by atoms with van der Waals surface area (Å²) in [6.45, 7) is 12.8. The van der Waals surface area contributed by atoms with Crippen LogP contribution in [0.1, 0.15) is 78.9 Å². The molecule has 7 nitrogen and oxygen atoms in total. The molecule has 1 unspecified atom stereocenters. The predicted molar refractivity (Wildman–Crippen MR) is 180 cm³/mol. The van der Waals surface area contributed by atoms with Crippen LogP contribution in [0.15, 0.2) is 77.5 Å². The van der Waals surface area contributed by atoms with Crippen molar-refractivity contribution >= 4 is 40.4 Å². The molecule has 2 aromatic carbocycles. The van der Waals surface area contributed by atoms with Crippen LogP contribution in [0.2, 0.25) is 0 Å². The molecular weight excluding hydrogens is 546 g/mol. The van der Waals surface area contributed by atoms with Gasteiger partial charge in [0.25, 0.3) is 0 Å². The standard InChI is InChI=1S/C37H43N5O2/c1-22-17-26-7-11-29(20-34(26)40-24(22)3)41-37(39)33(21-38)36(44)32-19-28-18-27(10-14-31(28)23(32)2)35(43)25-8-12-30(13-9-25)42-15-5-4-6-16-42/h7,10-11,14,18-21,24-25,30,40H,1-2,4-6,8-9,12-13,15-17,38H2,3H3,(H2,39,41). The van der Waals surface area contributed by atoms with Gasteiger partial charge in [0.15, 0.2) is 11.6 Å². The van der Waals surface area contributed by atoms with Gasteiger partial charge in [0.05, 0.1) is 11.3 Å². The van der Waals surface area contributed by atoms with E-state index >= 15 is 0 Å². The van der Waals surface area contributed by atoms with Crippen molar-refractivity contribution in [3.8, 4) is 0 Å². The molecule has 228 valence electrons. The molecule has 0 spiro atoms. The number of hydrogen-bond donors (Lipinski definition) is 3. The third-order valence-electron chi connectivity index (χ3n) is 9.94. The Bertz CT molecular complexity index is 1620. The lowest BCUT2D eigenvalue weighted by atomic mass is 9.80. The number of carbonyl (C=O) groups is 2. The van der Waals surface area contributed by atoms with Crippen molar-refractivity contribution in [3.63, 3.8) is 0 Å². The molecule has 6 rings (SSSR count). The van der Waals surface area contributed by atoms with Crippen molar-refractivity contribution in [2.75, 3.05) is 18.4 Å². The lowest BCUT2D eigenvalue weighted by molar-refractivity contribution is -0.111. The molecule has 0 aromatic heterocycles. The Kier molecular flexibility index (Phi) is 8.41. The zero-order chi connectivity index (χ0) is 31.0. The molecule has 0 radical (unpaired) electrons. The van der Waals surface area contributed by atoms with E-state index in [9.17, 15) is 9.59 Å². The number of rotatable bonds is 7. The lowest BCUT2D eigenvalue weighted by Gasteiger charge is -2.38. The number of anilines is 1. The highest BCUT2D eigenvalue weighted by molar-refractivity contribution is 6.34. The summed E-state index contributed by atoms with van der Waals surface area (Å²) in [5.41, 5.74) is 19.6. The van der Waals surface area contributed by atoms with Crippen LogP contribution in [0.25, 0.3) is 11.6 Å². The van der Waals surface area contributed by atoms with E-state index in [2.05, 4.69) is 35.3 Å². The van der Waals surface area contributed by atoms with Crippen LogP contribution in [-0.2, 0) is 11.2 Å². The first kappa shape index (κ1) is 29.8. The Morgan fingerprint density at radius 2 is 1.77 bits per heavy atom. The minimum absolute atomic E-state index is 0.0337. The van der Waals surface area contributed by atoms with Crippen molar-refractivity contribution in [2.45, 2.75) is 70.4 Å². The summed E-state index contributed by atoms with van der Waals surface area (Å²) in [5, 5.41) is 3.44. The van der Waals surface area contributed by atoms with E-state index in [1.54, 1.807) is 6.08 Å². The van der Waals surface area contributed by atoms with E-state index in [1.807, 2.05) is 36.4 Å². The molecule has 2 aromatic rings. The summed E-state index contributed by atoms with van der Waals surface area (Å²) in [6.07, 6.45) is 11.8. The largest absolute Gasteiger partial charge is 0.404 e. The van der Waals surface area contributed by atoms with Crippen LogP contribution in [0.4, 0.5) is 11.4 Å². The van der Waals surface area contributed by atoms with Gasteiger partial charge >= 0.3 is 0 Å². The molecule has 44 heavy (non-hydrogen) atoms. The van der Waals surface area contributed by atoms with Crippen LogP contribution in [0.5, 0.6) is 0 Å². The van der Waals surface area contributed by atoms with E-state index in [1.165, 1.54) is 38.6 Å². The van der Waals surface area contributed by atoms with Crippen molar-refractivity contribution in [1.29, 1.82) is 0 Å². The second kappa shape index (κ2) is 12.4. The maximum atomic E-state index is 13.7. The highest BCUT2D eigenvalue weighted by Gasteiger charge is 2.32. The average Bonchev–Trinajstić information content (AvgIpc) is 3.37. The van der Waals surface area contributed by atoms with Crippen LogP contribution in [0.3, 0.4) is 0 Å². The number of fused-ring (bicyclic) bond motifs is 2. The monoisotopic (exact) mass is 589 g/mol. The number of piperidine rings is 1. The fourth-order valence-electron chi connectivity index (χ4n) is 7.20. The summed E-state index contributed by atoms with van der Waals surface area (Å²) in [6, 6.07) is 12.3. The maximum absolute atomic E-state index is 13.7. The fourth-order valence-corrected chi connectivity index (χ4v) is 7.20. The number of likely N-dealkylation sites (tertiary alicyclic amines) is 1. The van der Waals surface area contributed by atoms with Gasteiger partial charge in [-0.15, -0.1) is 0 Å². The highest BCUT2D eigenvalue weighted by atomic mass is 16.1. The number of benzene rings is 2. The first-order valence-corrected chi connectivity index (χ1v) is 16.0. The van der Waals surface area contributed by atoms with Gasteiger partial charge in [-0.2, -0.15) is 0 Å². The van der Waals surface area contributed by atoms with Gasteiger partial charge in [0, 0.05) is 41.0 Å². The SMILES string of the molecule is C=C1C(C(=O)C(=CN)C(N)=Nc2ccc3c(c2)NC(C)C(=C)C3)=Cc2cc(C(=O)C3CCC(N4CCCCC4)CC3)ccc21. The number of amidine groups is 1. The lowest BCUT2D eigenvalue weighted by Crippen LogP contribution is -2.42. The van der Waals surface area contributed by atoms with E-state index < -0.39 is 0 Å². The number of ketones is 2. The second-order valence-corrected chi connectivity index (χ2v) is 12.8. The number of Topliss-reactive ketones (excluding diaryl/α,β-unsaturated/α-hetero) is 2. The number of nitrogens with zero attached hydrogens (tertiary/aromatic N) is 2. The summed E-state index contributed by atoms with van der Waals surface area (Å²) >= 11 is 0. The molecule has 2 fully saturated rings. The Hall–Kier alpha value is -4.23. The quantitative estimate of drug-likeness (QED) is 0.114. The number of carbonyl (C=O) groups excluding carboxylic acids is 2. The smallest absolute Gasteiger partial charge is 0.198 e. The van der Waals surface area contributed by atoms with Crippen LogP contribution in [0, 0.1) is 5.92 Å². The van der Waals surface area contributed by atoms with Gasteiger partial charge in [-0.25, -0.2) is 4.99 Å². The molecular formula is C37H43N5O2. The molecule has 1 atom stereocenters. The third-order valence-corrected chi connectivity index (χ3v) is 9.94. The van der Waals surface area contributed by atoms with Crippen LogP contribution >= 0.6 is 0 Å². The summed E-state index contributed by atoms with van der Waals surface area (Å²) in [4.78, 5) is 34.4. The van der Waals surface area contributed by atoms with Crippen molar-refractivity contribution in [1.82, 2.24) is 4.90 Å². The zero-order valence-corrected chi connectivity index (χ0v) is 25.7. The Morgan fingerprint density at radius 1 is 1.02 bits per heavy atom. The summed E-state index contributed by atoms with van der Waals surface area (Å²) < 4.78 is 0. The Balaban J connectivity index is 1.15. The third kappa shape index (κ3) is 5.81. The number of nitrogens with two attached hydrogens (primary N) is 2. The van der Waals surface area contributed by atoms with Crippen LogP contribution < -0.4 is 16.8 Å². The normalized spacial score (nSPS) is 24.3. The number of allylic oxidation sites excluding steroid dienone is 2. The van der Waals surface area contributed by atoms with Gasteiger partial charge < -0.3 is 21.7 Å². The molecule has 2 heterocycles. The van der Waals surface area contributed by atoms with E-state index in [-0.39, 0.29) is 34.9 Å². The molecule has 2 aliphatic carbocycles. The van der Waals surface area contributed by atoms with Crippen molar-refractivity contribution in [3.05, 3.63) is 94.7 Å². The average molecular weight is 590 g/mol. The number of aliphatic imine (C=N–C) groups is 1. The van der Waals surface area contributed by atoms with Gasteiger partial charge in [0.2, 0.25) is 0 Å². The number of nitrogens with one attached hydrogen (secondary N) is 1.